The van der Waals surface area contributed by atoms with Gasteiger partial charge in [-0.3, -0.25) is 4.57 Å². The van der Waals surface area contributed by atoms with Crippen molar-refractivity contribution in [3.8, 4) is 22.1 Å². The Hall–Kier alpha value is -3.12. The lowest BCUT2D eigenvalue weighted by Crippen LogP contribution is -1.99. The average molecular weight is 364 g/mol. The first-order valence-electron chi connectivity index (χ1n) is 8.02. The van der Waals surface area contributed by atoms with Crippen molar-refractivity contribution in [2.45, 2.75) is 0 Å². The summed E-state index contributed by atoms with van der Waals surface area (Å²) in [7, 11) is 3.03. The third kappa shape index (κ3) is 2.64. The van der Waals surface area contributed by atoms with Crippen LogP contribution in [-0.4, -0.2) is 29.7 Å². The molecule has 0 fully saturated rings. The Labute approximate surface area is 154 Å². The fourth-order valence-electron chi connectivity index (χ4n) is 2.92. The fourth-order valence-corrected chi connectivity index (χ4v) is 3.82. The number of para-hydroxylation sites is 4. The lowest BCUT2D eigenvalue weighted by atomic mass is 10.2. The molecular weight excluding hydrogens is 348 g/mol. The van der Waals surface area contributed by atoms with Gasteiger partial charge in [-0.15, -0.1) is 11.3 Å². The van der Waals surface area contributed by atoms with Gasteiger partial charge in [-0.25, -0.2) is 9.78 Å². The van der Waals surface area contributed by atoms with Crippen molar-refractivity contribution in [3.05, 3.63) is 65.5 Å². The molecule has 0 spiro atoms. The van der Waals surface area contributed by atoms with Gasteiger partial charge in [0.05, 0.1) is 35.8 Å². The zero-order valence-corrected chi connectivity index (χ0v) is 15.1. The minimum atomic E-state index is -0.346. The molecule has 0 unspecified atom stereocenters. The number of hydrogen-bond acceptors (Lipinski definition) is 5. The number of imidazole rings is 1. The molecule has 2 aromatic carbocycles. The molecule has 0 N–H and O–H groups in total. The molecule has 0 aliphatic heterocycles. The van der Waals surface area contributed by atoms with E-state index in [1.54, 1.807) is 13.2 Å². The molecule has 0 aliphatic carbocycles. The van der Waals surface area contributed by atoms with Crippen molar-refractivity contribution in [1.29, 1.82) is 0 Å². The number of fused-ring (bicyclic) bond motifs is 1. The van der Waals surface area contributed by atoms with Crippen LogP contribution in [0.15, 0.2) is 60.7 Å². The lowest BCUT2D eigenvalue weighted by molar-refractivity contribution is 0.0606. The first-order chi connectivity index (χ1) is 12.7. The maximum Gasteiger partial charge on any atom is 0.348 e. The summed E-state index contributed by atoms with van der Waals surface area (Å²) in [5.41, 5.74) is 2.74. The van der Waals surface area contributed by atoms with Crippen LogP contribution in [0.25, 0.3) is 27.4 Å². The molecule has 0 saturated heterocycles. The van der Waals surface area contributed by atoms with Crippen LogP contribution >= 0.6 is 11.3 Å². The van der Waals surface area contributed by atoms with Gasteiger partial charge in [-0.05, 0) is 36.4 Å². The number of benzene rings is 2. The van der Waals surface area contributed by atoms with E-state index >= 15 is 0 Å². The van der Waals surface area contributed by atoms with Gasteiger partial charge in [-0.1, -0.05) is 24.3 Å². The summed E-state index contributed by atoms with van der Waals surface area (Å²) in [6, 6.07) is 19.4. The van der Waals surface area contributed by atoms with Crippen LogP contribution in [0.1, 0.15) is 9.67 Å². The SMILES string of the molecule is COC(=O)c1ccc(-c2nc3ccccc3n2-c2ccccc2OC)s1. The van der Waals surface area contributed by atoms with Gasteiger partial charge in [-0.2, -0.15) is 0 Å². The number of hydrogen-bond donors (Lipinski definition) is 0. The van der Waals surface area contributed by atoms with E-state index in [1.807, 2.05) is 54.6 Å². The minimum absolute atomic E-state index is 0.346. The zero-order chi connectivity index (χ0) is 18.1. The molecule has 2 heterocycles. The second-order valence-electron chi connectivity index (χ2n) is 5.59. The summed E-state index contributed by atoms with van der Waals surface area (Å²) < 4.78 is 12.4. The summed E-state index contributed by atoms with van der Waals surface area (Å²) in [6.45, 7) is 0. The molecular formula is C20H16N2O3S. The van der Waals surface area contributed by atoms with E-state index in [0.717, 1.165) is 33.2 Å². The fraction of sp³-hybridized carbons (Fsp3) is 0.100. The van der Waals surface area contributed by atoms with Crippen molar-refractivity contribution in [2.24, 2.45) is 0 Å². The molecule has 4 rings (SSSR count). The van der Waals surface area contributed by atoms with Gasteiger partial charge < -0.3 is 9.47 Å². The van der Waals surface area contributed by atoms with E-state index in [-0.39, 0.29) is 5.97 Å². The smallest absolute Gasteiger partial charge is 0.348 e. The molecule has 130 valence electrons. The highest BCUT2D eigenvalue weighted by Crippen LogP contribution is 2.35. The van der Waals surface area contributed by atoms with E-state index in [1.165, 1.54) is 18.4 Å². The molecule has 0 amide bonds. The second-order valence-corrected chi connectivity index (χ2v) is 6.67. The van der Waals surface area contributed by atoms with Crippen molar-refractivity contribution in [2.75, 3.05) is 14.2 Å². The molecule has 5 nitrogen and oxygen atoms in total. The molecule has 0 atom stereocenters. The number of aromatic nitrogens is 2. The third-order valence-electron chi connectivity index (χ3n) is 4.10. The highest BCUT2D eigenvalue weighted by Gasteiger charge is 2.19. The Bertz CT molecular complexity index is 1100. The molecule has 0 aliphatic rings. The molecule has 0 radical (unpaired) electrons. The topological polar surface area (TPSA) is 53.3 Å². The molecule has 4 aromatic rings. The van der Waals surface area contributed by atoms with E-state index in [2.05, 4.69) is 4.57 Å². The van der Waals surface area contributed by atoms with Crippen molar-refractivity contribution < 1.29 is 14.3 Å². The Morgan fingerprint density at radius 1 is 1.00 bits per heavy atom. The van der Waals surface area contributed by atoms with Gasteiger partial charge in [0.25, 0.3) is 0 Å². The lowest BCUT2D eigenvalue weighted by Gasteiger charge is -2.12. The van der Waals surface area contributed by atoms with Crippen molar-refractivity contribution in [1.82, 2.24) is 9.55 Å². The number of ether oxygens (including phenoxy) is 2. The quantitative estimate of drug-likeness (QED) is 0.499. The number of rotatable bonds is 4. The second kappa shape index (κ2) is 6.65. The maximum absolute atomic E-state index is 11.8. The predicted molar refractivity (Wildman–Crippen MR) is 102 cm³/mol. The summed E-state index contributed by atoms with van der Waals surface area (Å²) in [4.78, 5) is 18.1. The number of esters is 1. The number of thiophene rings is 1. The van der Waals surface area contributed by atoms with E-state index in [4.69, 9.17) is 14.5 Å². The van der Waals surface area contributed by atoms with Crippen LogP contribution < -0.4 is 4.74 Å². The average Bonchev–Trinajstić information content (AvgIpc) is 3.32. The first kappa shape index (κ1) is 16.4. The molecule has 26 heavy (non-hydrogen) atoms. The van der Waals surface area contributed by atoms with Gasteiger partial charge in [0, 0.05) is 0 Å². The Morgan fingerprint density at radius 3 is 2.58 bits per heavy atom. The normalized spacial score (nSPS) is 10.8. The van der Waals surface area contributed by atoms with Crippen LogP contribution in [0, 0.1) is 0 Å². The van der Waals surface area contributed by atoms with Gasteiger partial charge >= 0.3 is 5.97 Å². The van der Waals surface area contributed by atoms with Gasteiger partial charge in [0.15, 0.2) is 5.82 Å². The highest BCUT2D eigenvalue weighted by atomic mass is 32.1. The first-order valence-corrected chi connectivity index (χ1v) is 8.84. The van der Waals surface area contributed by atoms with Crippen LogP contribution in [0.4, 0.5) is 0 Å². The van der Waals surface area contributed by atoms with Crippen LogP contribution in [0.5, 0.6) is 5.75 Å². The largest absolute Gasteiger partial charge is 0.495 e. The Kier molecular flexibility index (Phi) is 4.18. The molecule has 0 bridgehead atoms. The maximum atomic E-state index is 11.8. The number of methoxy groups -OCH3 is 2. The minimum Gasteiger partial charge on any atom is -0.495 e. The Morgan fingerprint density at radius 2 is 1.77 bits per heavy atom. The molecule has 2 aromatic heterocycles. The Balaban J connectivity index is 1.98. The van der Waals surface area contributed by atoms with Crippen molar-refractivity contribution in [3.63, 3.8) is 0 Å². The van der Waals surface area contributed by atoms with Crippen LogP contribution in [0.2, 0.25) is 0 Å². The van der Waals surface area contributed by atoms with E-state index < -0.39 is 0 Å². The van der Waals surface area contributed by atoms with E-state index in [9.17, 15) is 4.79 Å². The van der Waals surface area contributed by atoms with Crippen molar-refractivity contribution >= 4 is 28.3 Å². The number of carbonyl (C=O) groups is 1. The van der Waals surface area contributed by atoms with Crippen LogP contribution in [0.3, 0.4) is 0 Å². The number of nitrogens with zero attached hydrogens (tertiary/aromatic N) is 2. The monoisotopic (exact) mass is 364 g/mol. The van der Waals surface area contributed by atoms with Gasteiger partial charge in [0.1, 0.15) is 10.6 Å². The summed E-state index contributed by atoms with van der Waals surface area (Å²) in [5.74, 6) is 1.17. The standard InChI is InChI=1S/C20H16N2O3S/c1-24-16-10-6-5-9-15(16)22-14-8-4-3-7-13(14)21-19(22)17-11-12-18(26-17)20(23)25-2/h3-12H,1-2H3. The van der Waals surface area contributed by atoms with Gasteiger partial charge in [0.2, 0.25) is 0 Å². The third-order valence-corrected chi connectivity index (χ3v) is 5.16. The molecule has 6 heteroatoms. The zero-order valence-electron chi connectivity index (χ0n) is 14.3. The highest BCUT2D eigenvalue weighted by molar-refractivity contribution is 7.17. The summed E-state index contributed by atoms with van der Waals surface area (Å²) in [6.07, 6.45) is 0. The van der Waals surface area contributed by atoms with Crippen LogP contribution in [-0.2, 0) is 4.74 Å². The predicted octanol–water partition coefficient (Wildman–Crippen LogP) is 4.55. The van der Waals surface area contributed by atoms with E-state index in [0.29, 0.717) is 4.88 Å². The summed E-state index contributed by atoms with van der Waals surface area (Å²) in [5, 5.41) is 0. The number of carbonyl (C=O) groups excluding carboxylic acids is 1. The summed E-state index contributed by atoms with van der Waals surface area (Å²) >= 11 is 1.36. The molecule has 0 saturated carbocycles.